The van der Waals surface area contributed by atoms with Gasteiger partial charge in [0, 0.05) is 31.5 Å². The van der Waals surface area contributed by atoms with E-state index in [2.05, 4.69) is 17.0 Å². The van der Waals surface area contributed by atoms with Crippen molar-refractivity contribution < 1.29 is 4.79 Å². The highest BCUT2D eigenvalue weighted by Crippen LogP contribution is 2.23. The largest absolute Gasteiger partial charge is 0.372 e. The van der Waals surface area contributed by atoms with E-state index in [-0.39, 0.29) is 12.5 Å². The Morgan fingerprint density at radius 1 is 1.22 bits per heavy atom. The molecule has 1 aliphatic rings. The molecule has 1 aliphatic heterocycles. The van der Waals surface area contributed by atoms with E-state index >= 15 is 0 Å². The Hall–Kier alpha value is -1.55. The lowest BCUT2D eigenvalue weighted by atomic mass is 10.1. The zero-order valence-corrected chi connectivity index (χ0v) is 10.9. The topological polar surface area (TPSA) is 49.6 Å². The van der Waals surface area contributed by atoms with Gasteiger partial charge in [0.25, 0.3) is 0 Å². The van der Waals surface area contributed by atoms with Crippen molar-refractivity contribution in [3.05, 3.63) is 24.3 Å². The summed E-state index contributed by atoms with van der Waals surface area (Å²) >= 11 is 0. The first-order valence-corrected chi connectivity index (χ1v) is 6.54. The van der Waals surface area contributed by atoms with Crippen LogP contribution in [-0.4, -0.2) is 32.6 Å². The highest BCUT2D eigenvalue weighted by atomic mass is 16.2. The molecule has 1 aromatic rings. The molecule has 1 fully saturated rings. The van der Waals surface area contributed by atoms with Crippen LogP contribution in [0, 0.1) is 0 Å². The summed E-state index contributed by atoms with van der Waals surface area (Å²) in [6.45, 7) is 2.32. The van der Waals surface area contributed by atoms with Crippen LogP contribution in [0.25, 0.3) is 0 Å². The van der Waals surface area contributed by atoms with Crippen LogP contribution in [0.15, 0.2) is 24.3 Å². The van der Waals surface area contributed by atoms with Crippen LogP contribution in [-0.2, 0) is 4.79 Å². The summed E-state index contributed by atoms with van der Waals surface area (Å²) in [7, 11) is 1.76. The molecule has 0 radical (unpaired) electrons. The molecule has 1 saturated heterocycles. The van der Waals surface area contributed by atoms with Gasteiger partial charge in [-0.15, -0.1) is 0 Å². The van der Waals surface area contributed by atoms with E-state index in [1.807, 2.05) is 12.1 Å². The molecule has 2 rings (SSSR count). The van der Waals surface area contributed by atoms with Gasteiger partial charge in [0.15, 0.2) is 0 Å². The summed E-state index contributed by atoms with van der Waals surface area (Å²) in [6.07, 6.45) is 3.88. The Morgan fingerprint density at radius 2 is 1.83 bits per heavy atom. The lowest BCUT2D eigenvalue weighted by molar-refractivity contribution is -0.117. The number of rotatable bonds is 3. The Bertz CT molecular complexity index is 396. The predicted molar refractivity (Wildman–Crippen MR) is 75.0 cm³/mol. The number of hydrogen-bond acceptors (Lipinski definition) is 3. The van der Waals surface area contributed by atoms with E-state index in [9.17, 15) is 4.79 Å². The van der Waals surface area contributed by atoms with Crippen LogP contribution in [0.4, 0.5) is 11.4 Å². The third-order valence-corrected chi connectivity index (χ3v) is 3.51. The molecule has 0 aliphatic carbocycles. The molecule has 0 saturated carbocycles. The number of hydrogen-bond donors (Lipinski definition) is 1. The van der Waals surface area contributed by atoms with E-state index in [1.165, 1.54) is 24.9 Å². The normalized spacial score (nSPS) is 15.6. The molecule has 0 bridgehead atoms. The van der Waals surface area contributed by atoms with Gasteiger partial charge in [0.2, 0.25) is 5.91 Å². The van der Waals surface area contributed by atoms with E-state index < -0.39 is 0 Å². The van der Waals surface area contributed by atoms with Crippen LogP contribution < -0.4 is 15.5 Å². The maximum Gasteiger partial charge on any atom is 0.240 e. The zero-order chi connectivity index (χ0) is 13.0. The van der Waals surface area contributed by atoms with E-state index in [0.29, 0.717) is 0 Å². The minimum Gasteiger partial charge on any atom is -0.372 e. The molecule has 2 N–H and O–H groups in total. The molecule has 98 valence electrons. The van der Waals surface area contributed by atoms with Gasteiger partial charge in [0.05, 0.1) is 6.54 Å². The minimum atomic E-state index is -0.0688. The van der Waals surface area contributed by atoms with Crippen LogP contribution >= 0.6 is 0 Å². The average molecular weight is 247 g/mol. The number of anilines is 2. The van der Waals surface area contributed by atoms with Crippen molar-refractivity contribution in [3.8, 4) is 0 Å². The van der Waals surface area contributed by atoms with Crippen molar-refractivity contribution >= 4 is 17.3 Å². The molecular weight excluding hydrogens is 226 g/mol. The Kier molecular flexibility index (Phi) is 4.20. The number of piperidine rings is 1. The van der Waals surface area contributed by atoms with Crippen molar-refractivity contribution in [1.82, 2.24) is 0 Å². The first-order chi connectivity index (χ1) is 8.72. The Morgan fingerprint density at radius 3 is 2.39 bits per heavy atom. The number of benzene rings is 1. The summed E-state index contributed by atoms with van der Waals surface area (Å²) in [6, 6.07) is 8.14. The maximum absolute atomic E-state index is 11.5. The molecule has 4 nitrogen and oxygen atoms in total. The molecule has 0 spiro atoms. The Labute approximate surface area is 108 Å². The summed E-state index contributed by atoms with van der Waals surface area (Å²) in [5, 5.41) is 0. The van der Waals surface area contributed by atoms with Crippen molar-refractivity contribution in [3.63, 3.8) is 0 Å². The van der Waals surface area contributed by atoms with Gasteiger partial charge < -0.3 is 15.5 Å². The minimum absolute atomic E-state index is 0.0460. The van der Waals surface area contributed by atoms with Crippen LogP contribution in [0.2, 0.25) is 0 Å². The number of nitrogens with two attached hydrogens (primary N) is 1. The molecule has 0 atom stereocenters. The smallest absolute Gasteiger partial charge is 0.240 e. The molecular formula is C14H21N3O. The van der Waals surface area contributed by atoms with Gasteiger partial charge in [-0.05, 0) is 43.5 Å². The number of likely N-dealkylation sites (N-methyl/N-ethyl adjacent to an activating group) is 1. The monoisotopic (exact) mass is 247 g/mol. The van der Waals surface area contributed by atoms with Gasteiger partial charge in [-0.1, -0.05) is 0 Å². The summed E-state index contributed by atoms with van der Waals surface area (Å²) in [5.74, 6) is -0.0688. The zero-order valence-electron chi connectivity index (χ0n) is 10.9. The quantitative estimate of drug-likeness (QED) is 0.882. The second kappa shape index (κ2) is 5.87. The first-order valence-electron chi connectivity index (χ1n) is 6.54. The number of carbonyl (C=O) groups is 1. The van der Waals surface area contributed by atoms with Crippen LogP contribution in [0.5, 0.6) is 0 Å². The SMILES string of the molecule is CN(C(=O)CN)c1ccc(N2CCCCC2)cc1. The van der Waals surface area contributed by atoms with Gasteiger partial charge in [-0.3, -0.25) is 4.79 Å². The molecule has 0 aromatic heterocycles. The highest BCUT2D eigenvalue weighted by molar-refractivity contribution is 5.94. The molecule has 1 amide bonds. The van der Waals surface area contributed by atoms with Crippen LogP contribution in [0.1, 0.15) is 19.3 Å². The molecule has 0 unspecified atom stereocenters. The van der Waals surface area contributed by atoms with Crippen LogP contribution in [0.3, 0.4) is 0 Å². The fourth-order valence-electron chi connectivity index (χ4n) is 2.32. The lowest BCUT2D eigenvalue weighted by Crippen LogP contribution is -2.32. The first kappa shape index (κ1) is 12.9. The highest BCUT2D eigenvalue weighted by Gasteiger charge is 2.12. The standard InChI is InChI=1S/C14H21N3O/c1-16(14(18)11-15)12-5-7-13(8-6-12)17-9-3-2-4-10-17/h5-8H,2-4,9-11,15H2,1H3. The molecule has 4 heteroatoms. The fraction of sp³-hybridized carbons (Fsp3) is 0.500. The van der Waals surface area contributed by atoms with Gasteiger partial charge in [-0.25, -0.2) is 0 Å². The van der Waals surface area contributed by atoms with E-state index in [4.69, 9.17) is 5.73 Å². The summed E-state index contributed by atoms with van der Waals surface area (Å²) in [5.41, 5.74) is 7.49. The third kappa shape index (κ3) is 2.82. The van der Waals surface area contributed by atoms with E-state index in [1.54, 1.807) is 11.9 Å². The maximum atomic E-state index is 11.5. The van der Waals surface area contributed by atoms with Gasteiger partial charge >= 0.3 is 0 Å². The van der Waals surface area contributed by atoms with Crippen molar-refractivity contribution in [1.29, 1.82) is 0 Å². The van der Waals surface area contributed by atoms with Gasteiger partial charge in [-0.2, -0.15) is 0 Å². The molecule has 18 heavy (non-hydrogen) atoms. The average Bonchev–Trinajstić information content (AvgIpc) is 2.47. The van der Waals surface area contributed by atoms with Crippen molar-refractivity contribution in [2.24, 2.45) is 5.73 Å². The number of nitrogens with zero attached hydrogens (tertiary/aromatic N) is 2. The summed E-state index contributed by atoms with van der Waals surface area (Å²) in [4.78, 5) is 15.5. The lowest BCUT2D eigenvalue weighted by Gasteiger charge is -2.29. The van der Waals surface area contributed by atoms with Crippen molar-refractivity contribution in [2.45, 2.75) is 19.3 Å². The Balaban J connectivity index is 2.07. The predicted octanol–water partition coefficient (Wildman–Crippen LogP) is 1.60. The van der Waals surface area contributed by atoms with E-state index in [0.717, 1.165) is 18.8 Å². The second-order valence-corrected chi connectivity index (χ2v) is 4.72. The fourth-order valence-corrected chi connectivity index (χ4v) is 2.32. The molecule has 1 heterocycles. The summed E-state index contributed by atoms with van der Waals surface area (Å²) < 4.78 is 0. The third-order valence-electron chi connectivity index (χ3n) is 3.51. The number of carbonyl (C=O) groups excluding carboxylic acids is 1. The van der Waals surface area contributed by atoms with Crippen molar-refractivity contribution in [2.75, 3.05) is 36.5 Å². The van der Waals surface area contributed by atoms with Gasteiger partial charge in [0.1, 0.15) is 0 Å². The molecule has 1 aromatic carbocycles. The number of amides is 1. The second-order valence-electron chi connectivity index (χ2n) is 4.72.